The number of aromatic carboxylic acids is 1. The Hall–Kier alpha value is -0.940. The lowest BCUT2D eigenvalue weighted by molar-refractivity contribution is 0.0689. The number of carboxylic acid groups (broad SMARTS) is 1. The van der Waals surface area contributed by atoms with Crippen molar-refractivity contribution in [1.82, 2.24) is 4.98 Å². The van der Waals surface area contributed by atoms with Crippen molar-refractivity contribution in [3.63, 3.8) is 0 Å². The standard InChI is InChI=1S/C9H11NO3S/c1-5-10-7(9(11)12)8(14-5)6-2-3-13-4-6/h6H,2-4H2,1H3,(H,11,12). The molecule has 1 aliphatic rings. The molecule has 0 amide bonds. The first kappa shape index (κ1) is 9.61. The van der Waals surface area contributed by atoms with Gasteiger partial charge in [-0.15, -0.1) is 11.3 Å². The maximum Gasteiger partial charge on any atom is 0.355 e. The Bertz CT molecular complexity index is 355. The van der Waals surface area contributed by atoms with Gasteiger partial charge in [0.1, 0.15) is 0 Å². The molecule has 0 bridgehead atoms. The van der Waals surface area contributed by atoms with E-state index in [1.165, 1.54) is 11.3 Å². The molecule has 1 saturated heterocycles. The van der Waals surface area contributed by atoms with Gasteiger partial charge in [0.05, 0.1) is 11.6 Å². The minimum Gasteiger partial charge on any atom is -0.476 e. The van der Waals surface area contributed by atoms with Gasteiger partial charge >= 0.3 is 5.97 Å². The molecule has 1 atom stereocenters. The molecule has 14 heavy (non-hydrogen) atoms. The largest absolute Gasteiger partial charge is 0.476 e. The lowest BCUT2D eigenvalue weighted by Crippen LogP contribution is -2.05. The molecule has 0 radical (unpaired) electrons. The number of nitrogens with zero attached hydrogens (tertiary/aromatic N) is 1. The van der Waals surface area contributed by atoms with Crippen molar-refractivity contribution in [2.24, 2.45) is 0 Å². The highest BCUT2D eigenvalue weighted by Gasteiger charge is 2.26. The third-order valence-corrected chi connectivity index (χ3v) is 3.40. The van der Waals surface area contributed by atoms with Gasteiger partial charge in [0, 0.05) is 17.4 Å². The third-order valence-electron chi connectivity index (χ3n) is 2.26. The van der Waals surface area contributed by atoms with E-state index >= 15 is 0 Å². The number of carboxylic acids is 1. The highest BCUT2D eigenvalue weighted by molar-refractivity contribution is 7.12. The summed E-state index contributed by atoms with van der Waals surface area (Å²) in [5.74, 6) is -0.705. The second-order valence-corrected chi connectivity index (χ2v) is 4.55. The maximum absolute atomic E-state index is 10.9. The van der Waals surface area contributed by atoms with Crippen LogP contribution in [0.2, 0.25) is 0 Å². The van der Waals surface area contributed by atoms with Crippen LogP contribution in [-0.4, -0.2) is 29.3 Å². The summed E-state index contributed by atoms with van der Waals surface area (Å²) >= 11 is 1.47. The van der Waals surface area contributed by atoms with Crippen molar-refractivity contribution in [3.8, 4) is 0 Å². The van der Waals surface area contributed by atoms with Crippen molar-refractivity contribution >= 4 is 17.3 Å². The number of thiazole rings is 1. The molecule has 0 saturated carbocycles. The lowest BCUT2D eigenvalue weighted by atomic mass is 10.1. The maximum atomic E-state index is 10.9. The summed E-state index contributed by atoms with van der Waals surface area (Å²) in [6.07, 6.45) is 0.905. The molecule has 76 valence electrons. The molecule has 1 aromatic rings. The van der Waals surface area contributed by atoms with Crippen LogP contribution in [0.1, 0.15) is 32.7 Å². The molecular weight excluding hydrogens is 202 g/mol. The summed E-state index contributed by atoms with van der Waals surface area (Å²) < 4.78 is 5.24. The Morgan fingerprint density at radius 2 is 2.50 bits per heavy atom. The zero-order valence-electron chi connectivity index (χ0n) is 7.82. The molecule has 1 N–H and O–H groups in total. The highest BCUT2D eigenvalue weighted by atomic mass is 32.1. The van der Waals surface area contributed by atoms with Gasteiger partial charge in [0.15, 0.2) is 5.69 Å². The van der Waals surface area contributed by atoms with Crippen LogP contribution in [0.25, 0.3) is 0 Å². The zero-order chi connectivity index (χ0) is 10.1. The lowest BCUT2D eigenvalue weighted by Gasteiger charge is -2.03. The Labute approximate surface area is 85.5 Å². The topological polar surface area (TPSA) is 59.4 Å². The summed E-state index contributed by atoms with van der Waals surface area (Å²) in [7, 11) is 0. The van der Waals surface area contributed by atoms with Crippen LogP contribution in [-0.2, 0) is 4.74 Å². The molecule has 0 aliphatic carbocycles. The number of hydrogen-bond acceptors (Lipinski definition) is 4. The molecule has 0 aromatic carbocycles. The molecule has 2 heterocycles. The van der Waals surface area contributed by atoms with E-state index in [0.29, 0.717) is 6.61 Å². The average molecular weight is 213 g/mol. The summed E-state index contributed by atoms with van der Waals surface area (Å²) in [4.78, 5) is 15.8. The number of hydrogen-bond donors (Lipinski definition) is 1. The normalized spacial score (nSPS) is 21.4. The summed E-state index contributed by atoms with van der Waals surface area (Å²) in [5, 5.41) is 9.75. The van der Waals surface area contributed by atoms with Gasteiger partial charge in [-0.3, -0.25) is 0 Å². The number of aryl methyl sites for hydroxylation is 1. The van der Waals surface area contributed by atoms with Crippen molar-refractivity contribution in [2.45, 2.75) is 19.3 Å². The van der Waals surface area contributed by atoms with Crippen molar-refractivity contribution in [1.29, 1.82) is 0 Å². The minimum absolute atomic E-state index is 0.211. The van der Waals surface area contributed by atoms with E-state index in [-0.39, 0.29) is 11.6 Å². The number of ether oxygens (including phenoxy) is 1. The first-order chi connectivity index (χ1) is 6.68. The predicted molar refractivity (Wildman–Crippen MR) is 52.0 cm³/mol. The van der Waals surface area contributed by atoms with E-state index in [0.717, 1.165) is 22.9 Å². The van der Waals surface area contributed by atoms with Gasteiger partial charge in [-0.25, -0.2) is 9.78 Å². The average Bonchev–Trinajstić information content (AvgIpc) is 2.70. The van der Waals surface area contributed by atoms with E-state index in [2.05, 4.69) is 4.98 Å². The van der Waals surface area contributed by atoms with Crippen LogP contribution >= 0.6 is 11.3 Å². The molecule has 1 fully saturated rings. The smallest absolute Gasteiger partial charge is 0.355 e. The minimum atomic E-state index is -0.934. The Kier molecular flexibility index (Phi) is 2.52. The number of rotatable bonds is 2. The van der Waals surface area contributed by atoms with Gasteiger partial charge in [-0.1, -0.05) is 0 Å². The van der Waals surface area contributed by atoms with E-state index < -0.39 is 5.97 Å². The zero-order valence-corrected chi connectivity index (χ0v) is 8.63. The Morgan fingerprint density at radius 3 is 3.07 bits per heavy atom. The fourth-order valence-electron chi connectivity index (χ4n) is 1.61. The summed E-state index contributed by atoms with van der Waals surface area (Å²) in [6, 6.07) is 0. The molecule has 5 heteroatoms. The first-order valence-corrected chi connectivity index (χ1v) is 5.28. The summed E-state index contributed by atoms with van der Waals surface area (Å²) in [5.41, 5.74) is 0.211. The van der Waals surface area contributed by atoms with E-state index in [9.17, 15) is 4.79 Å². The SMILES string of the molecule is Cc1nc(C(=O)O)c(C2CCOC2)s1. The van der Waals surface area contributed by atoms with Crippen LogP contribution in [0.4, 0.5) is 0 Å². The predicted octanol–water partition coefficient (Wildman–Crippen LogP) is 1.65. The van der Waals surface area contributed by atoms with Crippen molar-refractivity contribution < 1.29 is 14.6 Å². The quantitative estimate of drug-likeness (QED) is 0.811. The van der Waals surface area contributed by atoms with Gasteiger partial charge in [0.2, 0.25) is 0 Å². The van der Waals surface area contributed by atoms with Crippen LogP contribution in [0, 0.1) is 6.92 Å². The van der Waals surface area contributed by atoms with Crippen LogP contribution in [0.15, 0.2) is 0 Å². The van der Waals surface area contributed by atoms with Crippen molar-refractivity contribution in [3.05, 3.63) is 15.6 Å². The highest BCUT2D eigenvalue weighted by Crippen LogP contribution is 2.32. The van der Waals surface area contributed by atoms with E-state index in [4.69, 9.17) is 9.84 Å². The molecule has 0 spiro atoms. The molecule has 1 unspecified atom stereocenters. The van der Waals surface area contributed by atoms with E-state index in [1.807, 2.05) is 6.92 Å². The van der Waals surface area contributed by atoms with E-state index in [1.54, 1.807) is 0 Å². The van der Waals surface area contributed by atoms with Gasteiger partial charge in [-0.05, 0) is 13.3 Å². The van der Waals surface area contributed by atoms with Gasteiger partial charge in [-0.2, -0.15) is 0 Å². The monoisotopic (exact) mass is 213 g/mol. The first-order valence-electron chi connectivity index (χ1n) is 4.47. The second-order valence-electron chi connectivity index (χ2n) is 3.31. The fourth-order valence-corrected chi connectivity index (χ4v) is 2.65. The van der Waals surface area contributed by atoms with Gasteiger partial charge in [0.25, 0.3) is 0 Å². The fraction of sp³-hybridized carbons (Fsp3) is 0.556. The number of carbonyl (C=O) groups is 1. The molecule has 1 aliphatic heterocycles. The molecular formula is C9H11NO3S. The number of aromatic nitrogens is 1. The van der Waals surface area contributed by atoms with Crippen LogP contribution < -0.4 is 0 Å². The second kappa shape index (κ2) is 3.67. The molecule has 1 aromatic heterocycles. The van der Waals surface area contributed by atoms with Crippen LogP contribution in [0.5, 0.6) is 0 Å². The van der Waals surface area contributed by atoms with Gasteiger partial charge < -0.3 is 9.84 Å². The Balaban J connectivity index is 2.35. The third kappa shape index (κ3) is 1.65. The molecule has 2 rings (SSSR count). The van der Waals surface area contributed by atoms with Crippen LogP contribution in [0.3, 0.4) is 0 Å². The summed E-state index contributed by atoms with van der Waals surface area (Å²) in [6.45, 7) is 3.18. The van der Waals surface area contributed by atoms with Crippen molar-refractivity contribution in [2.75, 3.05) is 13.2 Å². The Morgan fingerprint density at radius 1 is 1.71 bits per heavy atom. The molecule has 4 nitrogen and oxygen atoms in total.